The molecule has 0 radical (unpaired) electrons. The van der Waals surface area contributed by atoms with Crippen molar-refractivity contribution in [2.45, 2.75) is 25.7 Å². The maximum absolute atomic E-state index is 12.5. The lowest BCUT2D eigenvalue weighted by Gasteiger charge is -2.32. The van der Waals surface area contributed by atoms with Crippen LogP contribution >= 0.6 is 0 Å². The predicted octanol–water partition coefficient (Wildman–Crippen LogP) is 2.51. The van der Waals surface area contributed by atoms with Crippen LogP contribution in [0.1, 0.15) is 24.8 Å². The fourth-order valence-electron chi connectivity index (χ4n) is 2.92. The molecule has 1 aromatic rings. The van der Waals surface area contributed by atoms with Crippen LogP contribution in [0.15, 0.2) is 30.4 Å². The maximum atomic E-state index is 12.5. The summed E-state index contributed by atoms with van der Waals surface area (Å²) in [7, 11) is 0. The number of rotatable bonds is 1. The van der Waals surface area contributed by atoms with Crippen molar-refractivity contribution < 1.29 is 4.79 Å². The summed E-state index contributed by atoms with van der Waals surface area (Å²) in [6.45, 7) is 0.825. The molecule has 0 saturated carbocycles. The molecule has 3 heteroatoms. The molecule has 0 atom stereocenters. The molecular formula is C15H18N2O. The van der Waals surface area contributed by atoms with Gasteiger partial charge in [-0.1, -0.05) is 18.2 Å². The highest BCUT2D eigenvalue weighted by Gasteiger charge is 2.29. The molecular weight excluding hydrogens is 224 g/mol. The molecule has 0 fully saturated rings. The van der Waals surface area contributed by atoms with Crippen LogP contribution in [0.2, 0.25) is 0 Å². The Morgan fingerprint density at radius 2 is 2.06 bits per heavy atom. The number of hydrogen-bond donors (Lipinski definition) is 1. The zero-order chi connectivity index (χ0) is 12.5. The third-order valence-electron chi connectivity index (χ3n) is 3.91. The smallest absolute Gasteiger partial charge is 0.230 e. The van der Waals surface area contributed by atoms with E-state index in [9.17, 15) is 4.79 Å². The van der Waals surface area contributed by atoms with Crippen molar-refractivity contribution in [2.75, 3.05) is 17.2 Å². The largest absolute Gasteiger partial charge is 0.398 e. The van der Waals surface area contributed by atoms with E-state index in [1.54, 1.807) is 0 Å². The zero-order valence-electron chi connectivity index (χ0n) is 10.4. The van der Waals surface area contributed by atoms with E-state index in [4.69, 9.17) is 5.73 Å². The van der Waals surface area contributed by atoms with Gasteiger partial charge in [-0.3, -0.25) is 4.79 Å². The van der Waals surface area contributed by atoms with Crippen LogP contribution in [0.4, 0.5) is 11.4 Å². The first-order chi connectivity index (χ1) is 8.77. The van der Waals surface area contributed by atoms with Gasteiger partial charge in [0.2, 0.25) is 5.91 Å². The van der Waals surface area contributed by atoms with Crippen molar-refractivity contribution in [3.63, 3.8) is 0 Å². The Balaban J connectivity index is 1.91. The summed E-state index contributed by atoms with van der Waals surface area (Å²) in [5.74, 6) is 0.393. The number of nitrogens with zero attached hydrogens (tertiary/aromatic N) is 1. The Kier molecular flexibility index (Phi) is 2.82. The maximum Gasteiger partial charge on any atom is 0.230 e. The minimum absolute atomic E-state index is 0.136. The van der Waals surface area contributed by atoms with Crippen LogP contribution in [0.3, 0.4) is 0 Å². The molecule has 0 unspecified atom stereocenters. The van der Waals surface area contributed by atoms with Gasteiger partial charge in [-0.2, -0.15) is 0 Å². The van der Waals surface area contributed by atoms with Crippen molar-refractivity contribution in [1.29, 1.82) is 0 Å². The highest BCUT2D eigenvalue weighted by atomic mass is 16.2. The molecule has 0 spiro atoms. The minimum Gasteiger partial charge on any atom is -0.398 e. The molecule has 2 N–H and O–H groups in total. The molecule has 1 aromatic carbocycles. The van der Waals surface area contributed by atoms with E-state index in [0.717, 1.165) is 49.2 Å². The normalized spacial score (nSPS) is 19.0. The molecule has 1 aliphatic heterocycles. The molecule has 3 nitrogen and oxygen atoms in total. The monoisotopic (exact) mass is 242 g/mol. The number of allylic oxidation sites excluding steroid dienone is 2. The highest BCUT2D eigenvalue weighted by molar-refractivity contribution is 5.97. The van der Waals surface area contributed by atoms with Crippen molar-refractivity contribution in [1.82, 2.24) is 0 Å². The lowest BCUT2D eigenvalue weighted by atomic mass is 9.97. The Labute approximate surface area is 107 Å². The third kappa shape index (κ3) is 1.80. The summed E-state index contributed by atoms with van der Waals surface area (Å²) >= 11 is 0. The Morgan fingerprint density at radius 1 is 1.28 bits per heavy atom. The minimum atomic E-state index is 0.136. The predicted molar refractivity (Wildman–Crippen MR) is 73.4 cm³/mol. The van der Waals surface area contributed by atoms with Gasteiger partial charge in [0.05, 0.1) is 0 Å². The molecule has 3 rings (SSSR count). The number of carbonyl (C=O) groups excluding carboxylic acids is 1. The van der Waals surface area contributed by atoms with Gasteiger partial charge in [0.25, 0.3) is 0 Å². The fraction of sp³-hybridized carbons (Fsp3) is 0.400. The molecule has 0 saturated heterocycles. The second-order valence-corrected chi connectivity index (χ2v) is 5.08. The first-order valence-corrected chi connectivity index (χ1v) is 6.61. The van der Waals surface area contributed by atoms with Crippen LogP contribution in [-0.4, -0.2) is 12.5 Å². The third-order valence-corrected chi connectivity index (χ3v) is 3.91. The molecule has 2 aliphatic rings. The van der Waals surface area contributed by atoms with Gasteiger partial charge in [0.1, 0.15) is 0 Å². The van der Waals surface area contributed by atoms with Crippen molar-refractivity contribution >= 4 is 17.3 Å². The van der Waals surface area contributed by atoms with Crippen molar-refractivity contribution in [3.8, 4) is 0 Å². The number of hydrogen-bond acceptors (Lipinski definition) is 2. The van der Waals surface area contributed by atoms with Crippen molar-refractivity contribution in [3.05, 3.63) is 35.9 Å². The van der Waals surface area contributed by atoms with Gasteiger partial charge in [-0.05, 0) is 43.4 Å². The second-order valence-electron chi connectivity index (χ2n) is 5.08. The first kappa shape index (κ1) is 11.3. The molecule has 1 aliphatic carbocycles. The SMILES string of the molecule is Nc1cccc2c1CCCN2C(=O)C1CC=CC1. The quantitative estimate of drug-likeness (QED) is 0.607. The lowest BCUT2D eigenvalue weighted by molar-refractivity contribution is -0.122. The van der Waals surface area contributed by atoms with Crippen LogP contribution in [0.5, 0.6) is 0 Å². The van der Waals surface area contributed by atoms with E-state index in [1.807, 2.05) is 23.1 Å². The molecule has 1 amide bonds. The number of benzene rings is 1. The summed E-state index contributed by atoms with van der Waals surface area (Å²) in [5, 5.41) is 0. The van der Waals surface area contributed by atoms with Gasteiger partial charge < -0.3 is 10.6 Å². The number of nitrogen functional groups attached to an aromatic ring is 1. The molecule has 0 bridgehead atoms. The number of anilines is 2. The molecule has 1 heterocycles. The highest BCUT2D eigenvalue weighted by Crippen LogP contribution is 2.33. The van der Waals surface area contributed by atoms with Gasteiger partial charge >= 0.3 is 0 Å². The summed E-state index contributed by atoms with van der Waals surface area (Å²) < 4.78 is 0. The van der Waals surface area contributed by atoms with Gasteiger partial charge in [0, 0.05) is 23.8 Å². The summed E-state index contributed by atoms with van der Waals surface area (Å²) in [4.78, 5) is 14.5. The van der Waals surface area contributed by atoms with E-state index in [0.29, 0.717) is 0 Å². The van der Waals surface area contributed by atoms with Gasteiger partial charge in [-0.25, -0.2) is 0 Å². The fourth-order valence-corrected chi connectivity index (χ4v) is 2.92. The molecule has 18 heavy (non-hydrogen) atoms. The average Bonchev–Trinajstić information content (AvgIpc) is 2.92. The number of nitrogens with two attached hydrogens (primary N) is 1. The summed E-state index contributed by atoms with van der Waals surface area (Å²) in [6.07, 6.45) is 7.96. The number of fused-ring (bicyclic) bond motifs is 1. The first-order valence-electron chi connectivity index (χ1n) is 6.61. The Bertz CT molecular complexity index is 499. The van der Waals surface area contributed by atoms with E-state index >= 15 is 0 Å². The summed E-state index contributed by atoms with van der Waals surface area (Å²) in [6, 6.07) is 5.88. The molecule has 0 aromatic heterocycles. The second kappa shape index (κ2) is 4.48. The van der Waals surface area contributed by atoms with Gasteiger partial charge in [-0.15, -0.1) is 0 Å². The van der Waals surface area contributed by atoms with Crippen molar-refractivity contribution in [2.24, 2.45) is 5.92 Å². The summed E-state index contributed by atoms with van der Waals surface area (Å²) in [5.41, 5.74) is 8.99. The zero-order valence-corrected chi connectivity index (χ0v) is 10.4. The topological polar surface area (TPSA) is 46.3 Å². The Morgan fingerprint density at radius 3 is 2.83 bits per heavy atom. The van der Waals surface area contributed by atoms with E-state index in [-0.39, 0.29) is 11.8 Å². The van der Waals surface area contributed by atoms with E-state index in [1.165, 1.54) is 0 Å². The van der Waals surface area contributed by atoms with E-state index in [2.05, 4.69) is 12.2 Å². The standard InChI is InChI=1S/C15H18N2O/c16-13-8-3-9-14-12(13)7-4-10-17(14)15(18)11-5-1-2-6-11/h1-3,8-9,11H,4-7,10,16H2. The van der Waals surface area contributed by atoms with Gasteiger partial charge in [0.15, 0.2) is 0 Å². The average molecular weight is 242 g/mol. The number of carbonyl (C=O) groups is 1. The van der Waals surface area contributed by atoms with E-state index < -0.39 is 0 Å². The van der Waals surface area contributed by atoms with Crippen LogP contribution in [0.25, 0.3) is 0 Å². The Hall–Kier alpha value is -1.77. The molecule has 94 valence electrons. The van der Waals surface area contributed by atoms with Crippen LogP contribution in [0, 0.1) is 5.92 Å². The number of amides is 1. The van der Waals surface area contributed by atoms with Crippen LogP contribution in [-0.2, 0) is 11.2 Å². The lowest BCUT2D eigenvalue weighted by Crippen LogP contribution is -2.39. The van der Waals surface area contributed by atoms with Crippen LogP contribution < -0.4 is 10.6 Å².